The van der Waals surface area contributed by atoms with E-state index >= 15 is 0 Å². The summed E-state index contributed by atoms with van der Waals surface area (Å²) >= 11 is 0. The maximum atomic E-state index is 11.5. The van der Waals surface area contributed by atoms with Crippen LogP contribution in [-0.2, 0) is 6.54 Å². The van der Waals surface area contributed by atoms with Crippen molar-refractivity contribution in [3.05, 3.63) is 83.8 Å². The van der Waals surface area contributed by atoms with Crippen molar-refractivity contribution in [3.63, 3.8) is 0 Å². The molecule has 0 radical (unpaired) electrons. The lowest BCUT2D eigenvalue weighted by Gasteiger charge is -2.10. The predicted octanol–water partition coefficient (Wildman–Crippen LogP) is 4.72. The Balaban J connectivity index is 1.49. The lowest BCUT2D eigenvalue weighted by Crippen LogP contribution is -2.05. The van der Waals surface area contributed by atoms with Gasteiger partial charge in [0.1, 0.15) is 11.3 Å². The summed E-state index contributed by atoms with van der Waals surface area (Å²) < 4.78 is 2.22. The predicted molar refractivity (Wildman–Crippen MR) is 107 cm³/mol. The Bertz CT molecular complexity index is 1170. The fraction of sp³-hybridized carbons (Fsp3) is 0.174. The molecule has 2 heterocycles. The van der Waals surface area contributed by atoms with Crippen LogP contribution in [0.1, 0.15) is 40.5 Å². The van der Waals surface area contributed by atoms with E-state index in [0.717, 1.165) is 33.7 Å². The molecule has 5 nitrogen and oxygen atoms in total. The van der Waals surface area contributed by atoms with E-state index in [0.29, 0.717) is 18.0 Å². The molecule has 5 rings (SSSR count). The van der Waals surface area contributed by atoms with E-state index in [9.17, 15) is 9.90 Å². The fourth-order valence-electron chi connectivity index (χ4n) is 3.68. The van der Waals surface area contributed by atoms with Crippen molar-refractivity contribution in [2.45, 2.75) is 25.3 Å². The third-order valence-corrected chi connectivity index (χ3v) is 5.24. The number of rotatable bonds is 5. The van der Waals surface area contributed by atoms with E-state index in [1.54, 1.807) is 12.1 Å². The third-order valence-electron chi connectivity index (χ3n) is 5.24. The second kappa shape index (κ2) is 6.60. The Morgan fingerprint density at radius 1 is 1.04 bits per heavy atom. The molecule has 5 heteroatoms. The molecule has 1 fully saturated rings. The highest BCUT2D eigenvalue weighted by Crippen LogP contribution is 2.40. The van der Waals surface area contributed by atoms with Gasteiger partial charge in [0.15, 0.2) is 5.65 Å². The van der Waals surface area contributed by atoms with E-state index in [1.807, 2.05) is 42.6 Å². The first-order valence-corrected chi connectivity index (χ1v) is 9.43. The summed E-state index contributed by atoms with van der Waals surface area (Å²) in [5.74, 6) is 0.745. The van der Waals surface area contributed by atoms with E-state index in [-0.39, 0.29) is 0 Å². The van der Waals surface area contributed by atoms with E-state index in [4.69, 9.17) is 4.98 Å². The van der Waals surface area contributed by atoms with Crippen molar-refractivity contribution in [2.24, 2.45) is 0 Å². The van der Waals surface area contributed by atoms with E-state index in [1.165, 1.54) is 12.8 Å². The summed E-state index contributed by atoms with van der Waals surface area (Å²) in [5, 5.41) is 9.42. The summed E-state index contributed by atoms with van der Waals surface area (Å²) in [4.78, 5) is 20.8. The Kier molecular flexibility index (Phi) is 3.93. The molecule has 1 saturated carbocycles. The second-order valence-corrected chi connectivity index (χ2v) is 7.22. The smallest absolute Gasteiger partial charge is 0.336 e. The summed E-state index contributed by atoms with van der Waals surface area (Å²) in [6, 6.07) is 19.1. The Hall–Kier alpha value is -3.47. The number of imidazole rings is 1. The van der Waals surface area contributed by atoms with Crippen molar-refractivity contribution < 1.29 is 9.90 Å². The van der Waals surface area contributed by atoms with Crippen LogP contribution in [0, 0.1) is 0 Å². The van der Waals surface area contributed by atoms with Gasteiger partial charge in [-0.3, -0.25) is 0 Å². The van der Waals surface area contributed by atoms with Gasteiger partial charge in [-0.1, -0.05) is 42.5 Å². The standard InChI is InChI=1S/C23H19N3O2/c27-23(28)19-5-2-1-4-18(19)16-9-7-15(8-10-16)14-26-21(17-11-12-17)25-20-6-3-13-24-22(20)26/h1-10,13,17H,11-12,14H2,(H,27,28). The molecule has 138 valence electrons. The zero-order chi connectivity index (χ0) is 19.1. The van der Waals surface area contributed by atoms with Crippen LogP contribution in [0.5, 0.6) is 0 Å². The van der Waals surface area contributed by atoms with Gasteiger partial charge in [0.05, 0.1) is 12.1 Å². The number of carbonyl (C=O) groups is 1. The van der Waals surface area contributed by atoms with Crippen molar-refractivity contribution in [1.29, 1.82) is 0 Å². The maximum Gasteiger partial charge on any atom is 0.336 e. The van der Waals surface area contributed by atoms with Crippen LogP contribution in [0.2, 0.25) is 0 Å². The van der Waals surface area contributed by atoms with Crippen LogP contribution >= 0.6 is 0 Å². The fourth-order valence-corrected chi connectivity index (χ4v) is 3.68. The molecule has 0 saturated heterocycles. The largest absolute Gasteiger partial charge is 0.478 e. The molecule has 0 amide bonds. The van der Waals surface area contributed by atoms with Gasteiger partial charge in [0.25, 0.3) is 0 Å². The Labute approximate surface area is 162 Å². The van der Waals surface area contributed by atoms with Crippen LogP contribution in [-0.4, -0.2) is 25.6 Å². The first-order chi connectivity index (χ1) is 13.7. The topological polar surface area (TPSA) is 68.0 Å². The van der Waals surface area contributed by atoms with Gasteiger partial charge < -0.3 is 9.67 Å². The molecule has 28 heavy (non-hydrogen) atoms. The van der Waals surface area contributed by atoms with Crippen LogP contribution in [0.4, 0.5) is 0 Å². The van der Waals surface area contributed by atoms with Crippen molar-refractivity contribution in [3.8, 4) is 11.1 Å². The van der Waals surface area contributed by atoms with E-state index in [2.05, 4.69) is 21.7 Å². The molecule has 4 aromatic rings. The summed E-state index contributed by atoms with van der Waals surface area (Å²) in [7, 11) is 0. The number of carboxylic acids is 1. The molecular formula is C23H19N3O2. The zero-order valence-electron chi connectivity index (χ0n) is 15.2. The molecule has 0 bridgehead atoms. The van der Waals surface area contributed by atoms with Gasteiger partial charge in [0, 0.05) is 12.1 Å². The molecule has 0 spiro atoms. The molecule has 0 unspecified atom stereocenters. The zero-order valence-corrected chi connectivity index (χ0v) is 15.2. The van der Waals surface area contributed by atoms with Crippen LogP contribution in [0.3, 0.4) is 0 Å². The summed E-state index contributed by atoms with van der Waals surface area (Å²) in [6.45, 7) is 0.709. The number of nitrogens with zero attached hydrogens (tertiary/aromatic N) is 3. The third kappa shape index (κ3) is 2.95. The number of aromatic nitrogens is 3. The minimum absolute atomic E-state index is 0.316. The molecule has 0 aliphatic heterocycles. The minimum Gasteiger partial charge on any atom is -0.478 e. The molecule has 0 atom stereocenters. The number of hydrogen-bond donors (Lipinski definition) is 1. The average molecular weight is 369 g/mol. The average Bonchev–Trinajstić information content (AvgIpc) is 3.51. The normalized spacial score (nSPS) is 13.7. The van der Waals surface area contributed by atoms with Gasteiger partial charge in [-0.15, -0.1) is 0 Å². The summed E-state index contributed by atoms with van der Waals surface area (Å²) in [5.41, 5.74) is 4.95. The second-order valence-electron chi connectivity index (χ2n) is 7.22. The van der Waals surface area contributed by atoms with Crippen LogP contribution in [0.25, 0.3) is 22.3 Å². The molecule has 1 aliphatic carbocycles. The highest BCUT2D eigenvalue weighted by Gasteiger charge is 2.29. The number of aromatic carboxylic acids is 1. The van der Waals surface area contributed by atoms with Crippen LogP contribution < -0.4 is 0 Å². The van der Waals surface area contributed by atoms with Crippen molar-refractivity contribution in [2.75, 3.05) is 0 Å². The minimum atomic E-state index is -0.912. The summed E-state index contributed by atoms with van der Waals surface area (Å²) in [6.07, 6.45) is 4.19. The molecule has 1 aliphatic rings. The molecular weight excluding hydrogens is 350 g/mol. The van der Waals surface area contributed by atoms with Crippen molar-refractivity contribution >= 4 is 17.1 Å². The highest BCUT2D eigenvalue weighted by atomic mass is 16.4. The number of carboxylic acid groups (broad SMARTS) is 1. The quantitative estimate of drug-likeness (QED) is 0.553. The van der Waals surface area contributed by atoms with E-state index < -0.39 is 5.97 Å². The monoisotopic (exact) mass is 369 g/mol. The number of benzene rings is 2. The first kappa shape index (κ1) is 16.7. The van der Waals surface area contributed by atoms with Crippen LogP contribution in [0.15, 0.2) is 66.9 Å². The highest BCUT2D eigenvalue weighted by molar-refractivity contribution is 5.96. The SMILES string of the molecule is O=C(O)c1ccccc1-c1ccc(Cn2c(C3CC3)nc3cccnc32)cc1. The lowest BCUT2D eigenvalue weighted by atomic mass is 9.99. The first-order valence-electron chi connectivity index (χ1n) is 9.43. The number of fused-ring (bicyclic) bond motifs is 1. The Morgan fingerprint density at radius 2 is 1.82 bits per heavy atom. The van der Waals surface area contributed by atoms with Gasteiger partial charge >= 0.3 is 5.97 Å². The molecule has 2 aromatic heterocycles. The van der Waals surface area contributed by atoms with Gasteiger partial charge in [-0.05, 0) is 47.7 Å². The Morgan fingerprint density at radius 3 is 2.57 bits per heavy atom. The van der Waals surface area contributed by atoms with Crippen molar-refractivity contribution in [1.82, 2.24) is 14.5 Å². The lowest BCUT2D eigenvalue weighted by molar-refractivity contribution is 0.0697. The maximum absolute atomic E-state index is 11.5. The number of pyridine rings is 1. The van der Waals surface area contributed by atoms with Gasteiger partial charge in [-0.2, -0.15) is 0 Å². The molecule has 2 aromatic carbocycles. The van der Waals surface area contributed by atoms with Gasteiger partial charge in [-0.25, -0.2) is 14.8 Å². The van der Waals surface area contributed by atoms with Gasteiger partial charge in [0.2, 0.25) is 0 Å². The number of hydrogen-bond acceptors (Lipinski definition) is 3. The molecule has 1 N–H and O–H groups in total.